The number of amides is 2. The van der Waals surface area contributed by atoms with Crippen LogP contribution in [0.3, 0.4) is 0 Å². The van der Waals surface area contributed by atoms with Gasteiger partial charge in [0.1, 0.15) is 5.75 Å². The van der Waals surface area contributed by atoms with Crippen LogP contribution in [0.4, 0.5) is 5.69 Å². The zero-order valence-corrected chi connectivity index (χ0v) is 29.6. The van der Waals surface area contributed by atoms with E-state index in [1.165, 1.54) is 4.90 Å². The third-order valence-corrected chi connectivity index (χ3v) is 11.6. The Hall–Kier alpha value is -2.90. The second-order valence-corrected chi connectivity index (χ2v) is 15.3. The Labute approximate surface area is 289 Å². The van der Waals surface area contributed by atoms with E-state index in [9.17, 15) is 23.1 Å². The first-order chi connectivity index (χ1) is 22.9. The fourth-order valence-electron chi connectivity index (χ4n) is 7.20. The minimum Gasteiger partial charge on any atom is -0.491 e. The number of benzene rings is 1. The number of allylic oxidation sites excluding steroid dienone is 3. The van der Waals surface area contributed by atoms with Crippen LogP contribution in [0.15, 0.2) is 53.6 Å². The Bertz CT molecular complexity index is 1530. The van der Waals surface area contributed by atoms with Crippen LogP contribution in [-0.2, 0) is 30.1 Å². The van der Waals surface area contributed by atoms with Crippen molar-refractivity contribution in [2.24, 2.45) is 23.7 Å². The minimum absolute atomic E-state index is 0.0342. The van der Waals surface area contributed by atoms with Crippen LogP contribution < -0.4 is 19.1 Å². The number of hydrogen-bond acceptors (Lipinski definition) is 8. The Kier molecular flexibility index (Phi) is 11.9. The largest absolute Gasteiger partial charge is 0.491 e. The zero-order chi connectivity index (χ0) is 34.5. The number of carbonyl (C=O) groups excluding carboxylic acids is 2. The van der Waals surface area contributed by atoms with Crippen molar-refractivity contribution in [2.75, 3.05) is 51.8 Å². The molecule has 1 fully saturated rings. The number of aliphatic hydroxyl groups is 1. The number of methoxy groups -OCH3 is 1. The highest BCUT2D eigenvalue weighted by molar-refractivity contribution is 7.88. The van der Waals surface area contributed by atoms with E-state index >= 15 is 0 Å². The van der Waals surface area contributed by atoms with Crippen LogP contribution in [0, 0.1) is 23.7 Å². The molecule has 2 aliphatic heterocycles. The molecule has 2 heterocycles. The standard InChI is InChI=1S/C35H49ClN4O7S/c1-4-37-48(44,45)38-34(42)35(43)21-33(41)39(2)17-7-6-10-31(46-3)29-15-12-25(29)22-40-18-8-5-9-24-19-28(36)14-11-26(24)23-47-32-16-13-27(35)20-30(32)40/h6,10-11,13-14,16,19-20,24-26,29,31,37,43H,4-5,7-9,12,15,17-18,21-23H2,1-3H3,(H,38,42)/b10-6+/t24?,25-,26?,29+,31-,35+/m0/s1. The SMILES string of the molecule is CCNS(=O)(=O)NC(=O)[C@@]1(O)CC(=O)N(C)CC/C=C/[C@H](OC)[C@@H]2CC[C@H]2CN2CCCCC3C=C(Cl)C=CC3COc3ccc1cc32. The van der Waals surface area contributed by atoms with Gasteiger partial charge in [-0.25, -0.2) is 4.72 Å². The van der Waals surface area contributed by atoms with Gasteiger partial charge in [0.15, 0.2) is 5.60 Å². The number of nitrogens with zero attached hydrogens (tertiary/aromatic N) is 2. The van der Waals surface area contributed by atoms with E-state index in [-0.39, 0.29) is 30.0 Å². The number of halogens is 1. The summed E-state index contributed by atoms with van der Waals surface area (Å²) in [5.74, 6) is -0.137. The summed E-state index contributed by atoms with van der Waals surface area (Å²) in [4.78, 5) is 31.0. The molecule has 2 unspecified atom stereocenters. The maximum Gasteiger partial charge on any atom is 0.301 e. The van der Waals surface area contributed by atoms with Crippen molar-refractivity contribution in [2.45, 2.75) is 63.6 Å². The Morgan fingerprint density at radius 2 is 1.98 bits per heavy atom. The molecule has 264 valence electrons. The summed E-state index contributed by atoms with van der Waals surface area (Å²) in [5, 5.41) is 12.9. The molecule has 11 nitrogen and oxygen atoms in total. The smallest absolute Gasteiger partial charge is 0.301 e. The normalized spacial score (nSPS) is 30.8. The molecule has 3 N–H and O–H groups in total. The van der Waals surface area contributed by atoms with Crippen LogP contribution in [0.5, 0.6) is 5.75 Å². The van der Waals surface area contributed by atoms with Gasteiger partial charge in [-0.3, -0.25) is 9.59 Å². The molecule has 1 aromatic rings. The number of nitrogens with one attached hydrogen (secondary N) is 2. The molecule has 4 aliphatic rings. The van der Waals surface area contributed by atoms with Crippen molar-refractivity contribution >= 4 is 39.3 Å². The molecule has 0 spiro atoms. The van der Waals surface area contributed by atoms with E-state index in [1.54, 1.807) is 39.3 Å². The maximum atomic E-state index is 13.7. The van der Waals surface area contributed by atoms with Gasteiger partial charge in [-0.1, -0.05) is 55.3 Å². The molecule has 2 bridgehead atoms. The molecule has 6 atom stereocenters. The third-order valence-electron chi connectivity index (χ3n) is 10.2. The van der Waals surface area contributed by atoms with E-state index in [2.05, 4.69) is 27.9 Å². The fraction of sp³-hybridized carbons (Fsp3) is 0.600. The van der Waals surface area contributed by atoms with Crippen molar-refractivity contribution < 1.29 is 32.6 Å². The second-order valence-electron chi connectivity index (χ2n) is 13.4. The lowest BCUT2D eigenvalue weighted by Gasteiger charge is -2.43. The van der Waals surface area contributed by atoms with E-state index in [0.717, 1.165) is 37.1 Å². The molecule has 2 aliphatic carbocycles. The van der Waals surface area contributed by atoms with Crippen LogP contribution >= 0.6 is 11.6 Å². The summed E-state index contributed by atoms with van der Waals surface area (Å²) in [5.41, 5.74) is -1.71. The van der Waals surface area contributed by atoms with Gasteiger partial charge in [-0.15, -0.1) is 0 Å². The van der Waals surface area contributed by atoms with Gasteiger partial charge in [0.05, 0.1) is 24.8 Å². The van der Waals surface area contributed by atoms with Gasteiger partial charge in [-0.2, -0.15) is 13.1 Å². The lowest BCUT2D eigenvalue weighted by atomic mass is 9.70. The molecular weight excluding hydrogens is 656 g/mol. The first kappa shape index (κ1) is 36.4. The lowest BCUT2D eigenvalue weighted by Crippen LogP contribution is -2.52. The van der Waals surface area contributed by atoms with Crippen molar-refractivity contribution in [1.29, 1.82) is 0 Å². The number of fused-ring (bicyclic) bond motifs is 3. The van der Waals surface area contributed by atoms with E-state index in [1.807, 2.05) is 16.9 Å². The highest BCUT2D eigenvalue weighted by atomic mass is 35.5. The van der Waals surface area contributed by atoms with Gasteiger partial charge < -0.3 is 24.4 Å². The third kappa shape index (κ3) is 8.45. The summed E-state index contributed by atoms with van der Waals surface area (Å²) in [6.07, 6.45) is 14.9. The Morgan fingerprint density at radius 3 is 2.71 bits per heavy atom. The predicted octanol–water partition coefficient (Wildman–Crippen LogP) is 3.99. The van der Waals surface area contributed by atoms with Gasteiger partial charge in [-0.05, 0) is 73.6 Å². The van der Waals surface area contributed by atoms with Crippen LogP contribution in [0.2, 0.25) is 0 Å². The zero-order valence-electron chi connectivity index (χ0n) is 28.1. The van der Waals surface area contributed by atoms with Gasteiger partial charge >= 0.3 is 10.2 Å². The molecule has 48 heavy (non-hydrogen) atoms. The van der Waals surface area contributed by atoms with Crippen LogP contribution in [0.1, 0.15) is 57.4 Å². The molecule has 5 rings (SSSR count). The van der Waals surface area contributed by atoms with Gasteiger partial charge in [0, 0.05) is 51.3 Å². The molecule has 0 saturated heterocycles. The highest BCUT2D eigenvalue weighted by Crippen LogP contribution is 2.43. The fourth-order valence-corrected chi connectivity index (χ4v) is 8.30. The van der Waals surface area contributed by atoms with Crippen molar-refractivity contribution in [3.63, 3.8) is 0 Å². The average Bonchev–Trinajstić information content (AvgIpc) is 3.06. The predicted molar refractivity (Wildman–Crippen MR) is 186 cm³/mol. The number of carbonyl (C=O) groups is 2. The maximum absolute atomic E-state index is 13.7. The average molecular weight is 705 g/mol. The van der Waals surface area contributed by atoms with Crippen molar-refractivity contribution in [3.8, 4) is 5.75 Å². The van der Waals surface area contributed by atoms with Crippen molar-refractivity contribution in [3.05, 3.63) is 59.2 Å². The van der Waals surface area contributed by atoms with E-state index < -0.39 is 34.0 Å². The number of ether oxygens (including phenoxy) is 2. The minimum atomic E-state index is -4.29. The molecule has 13 heteroatoms. The van der Waals surface area contributed by atoms with Crippen LogP contribution in [-0.4, -0.2) is 83.3 Å². The molecule has 2 amide bonds. The Morgan fingerprint density at radius 1 is 1.17 bits per heavy atom. The quantitative estimate of drug-likeness (QED) is 0.392. The lowest BCUT2D eigenvalue weighted by molar-refractivity contribution is -0.148. The number of anilines is 1. The first-order valence-corrected chi connectivity index (χ1v) is 18.9. The van der Waals surface area contributed by atoms with Gasteiger partial charge in [0.2, 0.25) is 5.91 Å². The summed E-state index contributed by atoms with van der Waals surface area (Å²) in [6, 6.07) is 4.96. The first-order valence-electron chi connectivity index (χ1n) is 17.0. The summed E-state index contributed by atoms with van der Waals surface area (Å²) in [6.45, 7) is 3.76. The van der Waals surface area contributed by atoms with Crippen molar-refractivity contribution in [1.82, 2.24) is 14.3 Å². The molecular formula is C35H49ClN4O7S. The summed E-state index contributed by atoms with van der Waals surface area (Å²) < 4.78 is 41.9. The molecule has 1 saturated carbocycles. The van der Waals surface area contributed by atoms with E-state index in [0.29, 0.717) is 55.9 Å². The number of hydrogen-bond donors (Lipinski definition) is 3. The monoisotopic (exact) mass is 704 g/mol. The molecule has 0 aromatic heterocycles. The molecule has 1 aromatic carbocycles. The second kappa shape index (κ2) is 15.8. The summed E-state index contributed by atoms with van der Waals surface area (Å²) >= 11 is 6.38. The topological polar surface area (TPSA) is 138 Å². The Balaban J connectivity index is 1.60. The molecule has 0 radical (unpaired) electrons. The summed E-state index contributed by atoms with van der Waals surface area (Å²) in [7, 11) is -0.954. The number of rotatable bonds is 5. The van der Waals surface area contributed by atoms with Crippen LogP contribution in [0.25, 0.3) is 0 Å². The van der Waals surface area contributed by atoms with Gasteiger partial charge in [0.25, 0.3) is 5.91 Å². The highest BCUT2D eigenvalue weighted by Gasteiger charge is 2.44. The van der Waals surface area contributed by atoms with E-state index in [4.69, 9.17) is 21.1 Å².